The first-order valence-electron chi connectivity index (χ1n) is 7.60. The van der Waals surface area contributed by atoms with Gasteiger partial charge in [0.2, 0.25) is 10.0 Å². The fraction of sp³-hybridized carbons (Fsp3) is 0.375. The van der Waals surface area contributed by atoms with E-state index < -0.39 is 15.8 Å². The second kappa shape index (κ2) is 6.34. The molecule has 0 N–H and O–H groups in total. The average molecular weight is 348 g/mol. The quantitative estimate of drug-likeness (QED) is 0.850. The first-order chi connectivity index (χ1) is 11.4. The molecule has 126 valence electrons. The molecule has 1 aliphatic rings. The minimum Gasteiger partial charge on any atom is -0.276 e. The summed E-state index contributed by atoms with van der Waals surface area (Å²) in [5.74, 6) is -0.431. The lowest BCUT2D eigenvalue weighted by Gasteiger charge is -2.30. The first kappa shape index (κ1) is 16.6. The Morgan fingerprint density at radius 3 is 2.62 bits per heavy atom. The van der Waals surface area contributed by atoms with Crippen molar-refractivity contribution in [2.75, 3.05) is 13.1 Å². The third-order valence-corrected chi connectivity index (χ3v) is 6.24. The number of sulfonamides is 1. The summed E-state index contributed by atoms with van der Waals surface area (Å²) in [7, 11) is -1.87. The summed E-state index contributed by atoms with van der Waals surface area (Å²) in [6, 6.07) is 5.00. The van der Waals surface area contributed by atoms with Gasteiger partial charge in [0.15, 0.2) is 0 Å². The van der Waals surface area contributed by atoms with Crippen LogP contribution >= 0.6 is 0 Å². The molecule has 0 amide bonds. The topological polar surface area (TPSA) is 79.0 Å². The van der Waals surface area contributed by atoms with Gasteiger partial charge in [0.25, 0.3) is 0 Å². The van der Waals surface area contributed by atoms with Crippen molar-refractivity contribution in [3.63, 3.8) is 0 Å². The van der Waals surface area contributed by atoms with Gasteiger partial charge in [-0.2, -0.15) is 14.7 Å². The molecule has 1 aromatic heterocycles. The summed E-state index contributed by atoms with van der Waals surface area (Å²) in [6.45, 7) is 0.780. The van der Waals surface area contributed by atoms with Gasteiger partial charge in [-0.15, -0.1) is 0 Å². The zero-order valence-corrected chi connectivity index (χ0v) is 14.0. The maximum Gasteiger partial charge on any atom is 0.243 e. The summed E-state index contributed by atoms with van der Waals surface area (Å²) < 4.78 is 41.9. The lowest BCUT2D eigenvalue weighted by Crippen LogP contribution is -2.37. The number of aryl methyl sites for hydroxylation is 1. The van der Waals surface area contributed by atoms with Crippen molar-refractivity contribution in [2.45, 2.75) is 23.7 Å². The van der Waals surface area contributed by atoms with Crippen LogP contribution in [0.15, 0.2) is 35.5 Å². The molecule has 2 aromatic rings. The zero-order chi connectivity index (χ0) is 17.3. The maximum absolute atomic E-state index is 13.4. The Morgan fingerprint density at radius 1 is 1.33 bits per heavy atom. The van der Waals surface area contributed by atoms with E-state index in [9.17, 15) is 12.8 Å². The first-order valence-corrected chi connectivity index (χ1v) is 9.04. The Labute approximate surface area is 140 Å². The van der Waals surface area contributed by atoms with Crippen LogP contribution < -0.4 is 0 Å². The number of hydrogen-bond donors (Lipinski definition) is 0. The summed E-state index contributed by atoms with van der Waals surface area (Å²) in [4.78, 5) is -0.0414. The van der Waals surface area contributed by atoms with Crippen molar-refractivity contribution >= 4 is 10.0 Å². The molecule has 1 aromatic carbocycles. The summed E-state index contributed by atoms with van der Waals surface area (Å²) in [6.07, 6.45) is 5.18. The predicted octanol–water partition coefficient (Wildman–Crippen LogP) is 2.00. The molecule has 24 heavy (non-hydrogen) atoms. The lowest BCUT2D eigenvalue weighted by molar-refractivity contribution is 0.319. The van der Waals surface area contributed by atoms with Gasteiger partial charge in [0, 0.05) is 26.3 Å². The highest BCUT2D eigenvalue weighted by Gasteiger charge is 2.30. The van der Waals surface area contributed by atoms with Crippen molar-refractivity contribution in [2.24, 2.45) is 7.05 Å². The lowest BCUT2D eigenvalue weighted by atomic mass is 9.93. The Morgan fingerprint density at radius 2 is 2.04 bits per heavy atom. The van der Waals surface area contributed by atoms with Crippen molar-refractivity contribution in [3.8, 4) is 6.07 Å². The molecule has 1 fully saturated rings. The molecule has 0 saturated carbocycles. The van der Waals surface area contributed by atoms with Gasteiger partial charge >= 0.3 is 0 Å². The summed E-state index contributed by atoms with van der Waals surface area (Å²) >= 11 is 0. The number of halogens is 1. The number of piperidine rings is 1. The van der Waals surface area contributed by atoms with E-state index in [0.29, 0.717) is 25.9 Å². The third kappa shape index (κ3) is 3.05. The smallest absolute Gasteiger partial charge is 0.243 e. The highest BCUT2D eigenvalue weighted by molar-refractivity contribution is 7.89. The molecule has 8 heteroatoms. The zero-order valence-electron chi connectivity index (χ0n) is 13.2. The molecule has 0 bridgehead atoms. The van der Waals surface area contributed by atoms with E-state index in [1.54, 1.807) is 10.8 Å². The molecule has 0 atom stereocenters. The second-order valence-electron chi connectivity index (χ2n) is 5.88. The average Bonchev–Trinajstić information content (AvgIpc) is 3.01. The van der Waals surface area contributed by atoms with E-state index >= 15 is 0 Å². The van der Waals surface area contributed by atoms with E-state index in [0.717, 1.165) is 17.7 Å². The molecule has 0 spiro atoms. The highest BCUT2D eigenvalue weighted by Crippen LogP contribution is 2.30. The molecule has 1 saturated heterocycles. The summed E-state index contributed by atoms with van der Waals surface area (Å²) in [5.41, 5.74) is 0.851. The number of benzene rings is 1. The van der Waals surface area contributed by atoms with Crippen LogP contribution in [0.5, 0.6) is 0 Å². The third-order valence-electron chi connectivity index (χ3n) is 4.35. The molecule has 0 unspecified atom stereocenters. The predicted molar refractivity (Wildman–Crippen MR) is 85.1 cm³/mol. The normalized spacial score (nSPS) is 16.9. The number of hydrogen-bond acceptors (Lipinski definition) is 4. The van der Waals surface area contributed by atoms with Gasteiger partial charge in [-0.3, -0.25) is 4.68 Å². The molecule has 0 radical (unpaired) electrons. The molecule has 2 heterocycles. The number of rotatable bonds is 3. The van der Waals surface area contributed by atoms with E-state index in [1.165, 1.54) is 10.4 Å². The van der Waals surface area contributed by atoms with Crippen molar-refractivity contribution < 1.29 is 12.8 Å². The van der Waals surface area contributed by atoms with Gasteiger partial charge < -0.3 is 0 Å². The minimum atomic E-state index is -3.72. The van der Waals surface area contributed by atoms with E-state index in [2.05, 4.69) is 5.10 Å². The van der Waals surface area contributed by atoms with Crippen LogP contribution in [0.1, 0.15) is 29.9 Å². The fourth-order valence-corrected chi connectivity index (χ4v) is 4.48. The number of aromatic nitrogens is 2. The standard InChI is InChI=1S/C16H17FN4O2S/c1-20-11-14(10-19-20)12-4-6-21(7-5-12)24(22,23)15-2-3-16(17)13(8-15)9-18/h2-3,8,10-12H,4-7H2,1H3. The highest BCUT2D eigenvalue weighted by atomic mass is 32.2. The fourth-order valence-electron chi connectivity index (χ4n) is 2.98. The van der Waals surface area contributed by atoms with E-state index in [1.807, 2.05) is 19.4 Å². The van der Waals surface area contributed by atoms with Crippen LogP contribution in [0.4, 0.5) is 4.39 Å². The van der Waals surface area contributed by atoms with Crippen LogP contribution in [0.2, 0.25) is 0 Å². The molecule has 1 aliphatic heterocycles. The maximum atomic E-state index is 13.4. The van der Waals surface area contributed by atoms with E-state index in [-0.39, 0.29) is 16.4 Å². The molecule has 3 rings (SSSR count). The van der Waals surface area contributed by atoms with Gasteiger partial charge in [-0.25, -0.2) is 12.8 Å². The molecule has 0 aliphatic carbocycles. The molecule has 6 nitrogen and oxygen atoms in total. The van der Waals surface area contributed by atoms with E-state index in [4.69, 9.17) is 5.26 Å². The van der Waals surface area contributed by atoms with Gasteiger partial charge in [-0.05, 0) is 42.5 Å². The number of nitrogens with zero attached hydrogens (tertiary/aromatic N) is 4. The van der Waals surface area contributed by atoms with Crippen LogP contribution in [0.25, 0.3) is 0 Å². The Balaban J connectivity index is 1.77. The van der Waals surface area contributed by atoms with Gasteiger partial charge in [0.05, 0.1) is 16.7 Å². The van der Waals surface area contributed by atoms with Crippen LogP contribution in [-0.4, -0.2) is 35.6 Å². The Bertz CT molecular complexity index is 893. The van der Waals surface area contributed by atoms with Crippen LogP contribution in [-0.2, 0) is 17.1 Å². The largest absolute Gasteiger partial charge is 0.276 e. The van der Waals surface area contributed by atoms with Crippen LogP contribution in [0.3, 0.4) is 0 Å². The SMILES string of the molecule is Cn1cc(C2CCN(S(=O)(=O)c3ccc(F)c(C#N)c3)CC2)cn1. The van der Waals surface area contributed by atoms with Crippen molar-refractivity contribution in [1.82, 2.24) is 14.1 Å². The van der Waals surface area contributed by atoms with Gasteiger partial charge in [0.1, 0.15) is 11.9 Å². The Kier molecular flexibility index (Phi) is 4.39. The minimum absolute atomic E-state index is 0.0414. The van der Waals surface area contributed by atoms with Crippen molar-refractivity contribution in [3.05, 3.63) is 47.5 Å². The summed E-state index contributed by atoms with van der Waals surface area (Å²) in [5, 5.41) is 13.0. The monoisotopic (exact) mass is 348 g/mol. The van der Waals surface area contributed by atoms with Crippen LogP contribution in [0, 0.1) is 17.1 Å². The number of nitriles is 1. The van der Waals surface area contributed by atoms with Gasteiger partial charge in [-0.1, -0.05) is 0 Å². The Hall–Kier alpha value is -2.24. The molecular weight excluding hydrogens is 331 g/mol. The second-order valence-corrected chi connectivity index (χ2v) is 7.82. The molecular formula is C16H17FN4O2S. The van der Waals surface area contributed by atoms with Crippen molar-refractivity contribution in [1.29, 1.82) is 5.26 Å².